The molecule has 9 nitrogen and oxygen atoms in total. The van der Waals surface area contributed by atoms with Gasteiger partial charge in [0.1, 0.15) is 12.2 Å². The largest absolute Gasteiger partial charge is 0.391 e. The van der Waals surface area contributed by atoms with E-state index in [1.54, 1.807) is 0 Å². The molecule has 2 unspecified atom stereocenters. The zero-order valence-corrected chi connectivity index (χ0v) is 9.94. The van der Waals surface area contributed by atoms with E-state index in [2.05, 4.69) is 10.1 Å². The van der Waals surface area contributed by atoms with Crippen molar-refractivity contribution in [3.8, 4) is 0 Å². The first kappa shape index (κ1) is 15.0. The van der Waals surface area contributed by atoms with Crippen LogP contribution < -0.4 is 5.32 Å². The van der Waals surface area contributed by atoms with E-state index in [9.17, 15) is 35.7 Å². The van der Waals surface area contributed by atoms with Gasteiger partial charge in [-0.1, -0.05) is 0 Å². The van der Waals surface area contributed by atoms with Crippen LogP contribution in [-0.4, -0.2) is 91.4 Å². The van der Waals surface area contributed by atoms with Gasteiger partial charge in [-0.2, -0.15) is 0 Å². The van der Waals surface area contributed by atoms with Crippen LogP contribution in [0.4, 0.5) is 0 Å². The third kappa shape index (κ3) is 2.61. The Hall–Kier alpha value is -0.360. The molecular formula is C10H19NO8. The highest BCUT2D eigenvalue weighted by atomic mass is 16.7. The maximum absolute atomic E-state index is 10.1. The number of aliphatic hydroxyl groups is 7. The summed E-state index contributed by atoms with van der Waals surface area (Å²) in [4.78, 5) is 0. The van der Waals surface area contributed by atoms with E-state index in [0.29, 0.717) is 0 Å². The molecule has 0 aliphatic carbocycles. The second kappa shape index (κ2) is 5.56. The molecule has 9 heteroatoms. The van der Waals surface area contributed by atoms with Gasteiger partial charge >= 0.3 is 0 Å². The lowest BCUT2D eigenvalue weighted by molar-refractivity contribution is -0.329. The van der Waals surface area contributed by atoms with Crippen LogP contribution in [0.3, 0.4) is 0 Å². The molecule has 0 radical (unpaired) electrons. The normalized spacial score (nSPS) is 53.2. The van der Waals surface area contributed by atoms with Crippen molar-refractivity contribution in [1.82, 2.24) is 5.32 Å². The molecule has 0 amide bonds. The Kier molecular flexibility index (Phi) is 4.40. The number of hydrogen-bond donors (Lipinski definition) is 8. The SMILES string of the molecule is O[C@H](C1NC[C@H](O)[C@@H]1O)C1[C@@H](O)[C@H](O)O[C@H](O)[C@@H]1O. The summed E-state index contributed by atoms with van der Waals surface area (Å²) in [5, 5.41) is 70.0. The Balaban J connectivity index is 2.14. The molecule has 112 valence electrons. The Morgan fingerprint density at radius 1 is 0.895 bits per heavy atom. The van der Waals surface area contributed by atoms with E-state index >= 15 is 0 Å². The van der Waals surface area contributed by atoms with Crippen LogP contribution in [0.1, 0.15) is 0 Å². The molecule has 2 aliphatic rings. The highest BCUT2D eigenvalue weighted by Gasteiger charge is 2.51. The van der Waals surface area contributed by atoms with Crippen LogP contribution >= 0.6 is 0 Å². The summed E-state index contributed by atoms with van der Waals surface area (Å²) in [6.45, 7) is 0.0451. The molecule has 0 aromatic rings. The van der Waals surface area contributed by atoms with Gasteiger partial charge in [0.2, 0.25) is 0 Å². The Bertz CT molecular complexity index is 304. The molecule has 2 heterocycles. The van der Waals surface area contributed by atoms with Gasteiger partial charge in [-0.05, 0) is 0 Å². The molecule has 2 saturated heterocycles. The van der Waals surface area contributed by atoms with Crippen molar-refractivity contribution < 1.29 is 40.5 Å². The van der Waals surface area contributed by atoms with Gasteiger partial charge in [-0.15, -0.1) is 0 Å². The predicted molar refractivity (Wildman–Crippen MR) is 58.4 cm³/mol. The molecule has 0 bridgehead atoms. The van der Waals surface area contributed by atoms with Crippen molar-refractivity contribution in [3.63, 3.8) is 0 Å². The van der Waals surface area contributed by atoms with E-state index < -0.39 is 55.1 Å². The molecule has 0 aromatic heterocycles. The molecule has 8 N–H and O–H groups in total. The minimum atomic E-state index is -1.76. The van der Waals surface area contributed by atoms with Gasteiger partial charge in [0.15, 0.2) is 12.6 Å². The predicted octanol–water partition coefficient (Wildman–Crippen LogP) is -4.95. The summed E-state index contributed by atoms with van der Waals surface area (Å²) in [5.41, 5.74) is 0. The first-order valence-electron chi connectivity index (χ1n) is 6.00. The molecule has 2 rings (SSSR count). The molecular weight excluding hydrogens is 262 g/mol. The Morgan fingerprint density at radius 2 is 1.42 bits per heavy atom. The molecule has 0 aromatic carbocycles. The van der Waals surface area contributed by atoms with E-state index in [1.807, 2.05) is 0 Å². The van der Waals surface area contributed by atoms with E-state index in [0.717, 1.165) is 0 Å². The first-order chi connectivity index (χ1) is 8.84. The summed E-state index contributed by atoms with van der Waals surface area (Å²) < 4.78 is 4.47. The van der Waals surface area contributed by atoms with Gasteiger partial charge in [0, 0.05) is 12.5 Å². The fourth-order valence-electron chi connectivity index (χ4n) is 2.59. The first-order valence-corrected chi connectivity index (χ1v) is 6.00. The molecule has 9 atom stereocenters. The third-order valence-corrected chi connectivity index (χ3v) is 3.74. The average Bonchev–Trinajstić information content (AvgIpc) is 2.68. The summed E-state index contributed by atoms with van der Waals surface area (Å²) in [7, 11) is 0. The quantitative estimate of drug-likeness (QED) is 0.248. The van der Waals surface area contributed by atoms with Crippen LogP contribution in [0, 0.1) is 5.92 Å². The molecule has 19 heavy (non-hydrogen) atoms. The molecule has 2 aliphatic heterocycles. The minimum absolute atomic E-state index is 0.0451. The second-order valence-electron chi connectivity index (χ2n) is 4.96. The molecule has 0 spiro atoms. The van der Waals surface area contributed by atoms with E-state index in [1.165, 1.54) is 0 Å². The lowest BCUT2D eigenvalue weighted by Crippen LogP contribution is -2.62. The number of hydrogen-bond acceptors (Lipinski definition) is 9. The average molecular weight is 281 g/mol. The Morgan fingerprint density at radius 3 is 1.84 bits per heavy atom. The summed E-state index contributed by atoms with van der Waals surface area (Å²) in [5.74, 6) is -1.34. The second-order valence-corrected chi connectivity index (χ2v) is 4.96. The van der Waals surface area contributed by atoms with Crippen molar-refractivity contribution in [2.24, 2.45) is 5.92 Å². The lowest BCUT2D eigenvalue weighted by Gasteiger charge is -2.42. The fraction of sp³-hybridized carbons (Fsp3) is 1.00. The topological polar surface area (TPSA) is 163 Å². The zero-order chi connectivity index (χ0) is 14.3. The van der Waals surface area contributed by atoms with Crippen molar-refractivity contribution >= 4 is 0 Å². The maximum Gasteiger partial charge on any atom is 0.184 e. The van der Waals surface area contributed by atoms with Crippen LogP contribution in [0.2, 0.25) is 0 Å². The standard InChI is InChI=1S/C10H19NO8/c12-2-1-11-4(5(2)13)6(14)3-7(15)9(17)19-10(18)8(3)16/h2-18H,1H2/t2-,3?,4?,5-,6-,7+,8+,9-,10+/m0/s1. The highest BCUT2D eigenvalue weighted by molar-refractivity contribution is 5.01. The van der Waals surface area contributed by atoms with Crippen LogP contribution in [0.15, 0.2) is 0 Å². The van der Waals surface area contributed by atoms with Crippen LogP contribution in [0.25, 0.3) is 0 Å². The molecule has 0 saturated carbocycles. The number of β-amino-alcohol motifs (C(OH)–C–C–N with tert-alkyl or cyclic N) is 1. The zero-order valence-electron chi connectivity index (χ0n) is 9.94. The van der Waals surface area contributed by atoms with Gasteiger partial charge < -0.3 is 45.8 Å². The lowest BCUT2D eigenvalue weighted by atomic mass is 9.82. The highest BCUT2D eigenvalue weighted by Crippen LogP contribution is 2.30. The van der Waals surface area contributed by atoms with Gasteiger partial charge in [-0.3, -0.25) is 0 Å². The fourth-order valence-corrected chi connectivity index (χ4v) is 2.59. The summed E-state index contributed by atoms with van der Waals surface area (Å²) >= 11 is 0. The third-order valence-electron chi connectivity index (χ3n) is 3.74. The van der Waals surface area contributed by atoms with E-state index in [4.69, 9.17) is 0 Å². The smallest absolute Gasteiger partial charge is 0.184 e. The summed E-state index contributed by atoms with van der Waals surface area (Å²) in [6, 6.07) is -0.998. The van der Waals surface area contributed by atoms with Crippen molar-refractivity contribution in [2.75, 3.05) is 6.54 Å². The van der Waals surface area contributed by atoms with Gasteiger partial charge in [0.25, 0.3) is 0 Å². The van der Waals surface area contributed by atoms with Gasteiger partial charge in [0.05, 0.1) is 24.4 Å². The van der Waals surface area contributed by atoms with E-state index in [-0.39, 0.29) is 6.54 Å². The van der Waals surface area contributed by atoms with Crippen molar-refractivity contribution in [1.29, 1.82) is 0 Å². The van der Waals surface area contributed by atoms with Gasteiger partial charge in [-0.25, -0.2) is 0 Å². The van der Waals surface area contributed by atoms with Crippen molar-refractivity contribution in [3.05, 3.63) is 0 Å². The number of aliphatic hydroxyl groups excluding tert-OH is 7. The Labute approximate surface area is 108 Å². The number of rotatable bonds is 2. The maximum atomic E-state index is 10.1. The minimum Gasteiger partial charge on any atom is -0.391 e. The van der Waals surface area contributed by atoms with Crippen LogP contribution in [-0.2, 0) is 4.74 Å². The monoisotopic (exact) mass is 281 g/mol. The number of ether oxygens (including phenoxy) is 1. The van der Waals surface area contributed by atoms with Crippen molar-refractivity contribution in [2.45, 2.75) is 49.1 Å². The van der Waals surface area contributed by atoms with Crippen LogP contribution in [0.5, 0.6) is 0 Å². The number of nitrogens with one attached hydrogen (secondary N) is 1. The molecule has 2 fully saturated rings. The summed E-state index contributed by atoms with van der Waals surface area (Å²) in [6.07, 6.45) is -10.7.